The molecule has 42 valence electrons. The lowest BCUT2D eigenvalue weighted by Gasteiger charge is -2.00. The first-order valence-corrected chi connectivity index (χ1v) is 2.55. The summed E-state index contributed by atoms with van der Waals surface area (Å²) in [5, 5.41) is 10.1. The standard InChI is InChI=1S/C7H7O/c8-6-7-4-2-1-3-5-7/h1-5H,6H2/q-1. The van der Waals surface area contributed by atoms with Crippen molar-refractivity contribution in [3.63, 3.8) is 0 Å². The summed E-state index contributed by atoms with van der Waals surface area (Å²) in [4.78, 5) is 0. The van der Waals surface area contributed by atoms with E-state index in [1.54, 1.807) is 0 Å². The van der Waals surface area contributed by atoms with Gasteiger partial charge in [-0.3, -0.25) is 0 Å². The molecular formula is C7H7O-. The molecule has 0 radical (unpaired) electrons. The van der Waals surface area contributed by atoms with Gasteiger partial charge in [0.2, 0.25) is 0 Å². The van der Waals surface area contributed by atoms with Crippen molar-refractivity contribution in [1.29, 1.82) is 0 Å². The highest BCUT2D eigenvalue weighted by Gasteiger charge is 1.75. The van der Waals surface area contributed by atoms with Gasteiger partial charge < -0.3 is 5.11 Å². The summed E-state index contributed by atoms with van der Waals surface area (Å²) in [5.74, 6) is 0. The van der Waals surface area contributed by atoms with E-state index in [2.05, 4.69) is 0 Å². The van der Waals surface area contributed by atoms with Gasteiger partial charge in [0.1, 0.15) is 0 Å². The zero-order valence-corrected chi connectivity index (χ0v) is 4.50. The first kappa shape index (κ1) is 5.32. The summed E-state index contributed by atoms with van der Waals surface area (Å²) >= 11 is 0. The molecule has 1 heteroatoms. The number of hydrogen-bond donors (Lipinski definition) is 0. The molecule has 1 nitrogen and oxygen atoms in total. The molecule has 0 saturated carbocycles. The van der Waals surface area contributed by atoms with Gasteiger partial charge in [-0.15, -0.1) is 6.61 Å². The third-order valence-corrected chi connectivity index (χ3v) is 1.01. The second-order valence-electron chi connectivity index (χ2n) is 1.63. The summed E-state index contributed by atoms with van der Waals surface area (Å²) in [7, 11) is 0. The normalized spacial score (nSPS) is 9.12. The Morgan fingerprint density at radius 2 is 1.75 bits per heavy atom. The molecule has 0 spiro atoms. The van der Waals surface area contributed by atoms with E-state index >= 15 is 0 Å². The van der Waals surface area contributed by atoms with Crippen molar-refractivity contribution in [2.45, 2.75) is 6.61 Å². The average molecular weight is 107 g/mol. The number of rotatable bonds is 1. The van der Waals surface area contributed by atoms with Gasteiger partial charge in [0.25, 0.3) is 0 Å². The van der Waals surface area contributed by atoms with Gasteiger partial charge in [-0.25, -0.2) is 0 Å². The van der Waals surface area contributed by atoms with Gasteiger partial charge in [0.05, 0.1) is 0 Å². The molecule has 0 atom stereocenters. The Bertz CT molecular complexity index is 146. The molecule has 0 N–H and O–H groups in total. The SMILES string of the molecule is [O-]Cc1ccccc1. The van der Waals surface area contributed by atoms with Gasteiger partial charge >= 0.3 is 0 Å². The lowest BCUT2D eigenvalue weighted by atomic mass is 10.2. The topological polar surface area (TPSA) is 23.1 Å². The van der Waals surface area contributed by atoms with Crippen LogP contribution in [0.25, 0.3) is 0 Å². The highest BCUT2D eigenvalue weighted by Crippen LogP contribution is 1.93. The van der Waals surface area contributed by atoms with Crippen LogP contribution in [0.15, 0.2) is 30.3 Å². The molecule has 1 rings (SSSR count). The quantitative estimate of drug-likeness (QED) is 0.514. The first-order valence-electron chi connectivity index (χ1n) is 2.55. The lowest BCUT2D eigenvalue weighted by molar-refractivity contribution is -0.386. The summed E-state index contributed by atoms with van der Waals surface area (Å²) in [6.45, 7) is -0.110. The Hall–Kier alpha value is -0.820. The van der Waals surface area contributed by atoms with Crippen molar-refractivity contribution in [2.24, 2.45) is 0 Å². The summed E-state index contributed by atoms with van der Waals surface area (Å²) in [5.41, 5.74) is 0.854. The monoisotopic (exact) mass is 107 g/mol. The Balaban J connectivity index is 2.83. The molecule has 0 bridgehead atoms. The molecule has 0 aromatic heterocycles. The molecule has 0 amide bonds. The molecule has 0 heterocycles. The lowest BCUT2D eigenvalue weighted by Crippen LogP contribution is -2.00. The third-order valence-electron chi connectivity index (χ3n) is 1.01. The minimum absolute atomic E-state index is 0.110. The predicted octanol–water partition coefficient (Wildman–Crippen LogP) is 0.547. The molecular weight excluding hydrogens is 100 g/mol. The van der Waals surface area contributed by atoms with Crippen molar-refractivity contribution in [3.8, 4) is 0 Å². The van der Waals surface area contributed by atoms with Crippen LogP contribution in [0.1, 0.15) is 5.56 Å². The van der Waals surface area contributed by atoms with E-state index in [0.29, 0.717) is 0 Å². The maximum atomic E-state index is 10.1. The Morgan fingerprint density at radius 1 is 1.12 bits per heavy atom. The van der Waals surface area contributed by atoms with Crippen LogP contribution in [-0.2, 0) is 6.61 Å². The summed E-state index contributed by atoms with van der Waals surface area (Å²) in [6.07, 6.45) is 0. The summed E-state index contributed by atoms with van der Waals surface area (Å²) < 4.78 is 0. The number of hydrogen-bond acceptors (Lipinski definition) is 1. The van der Waals surface area contributed by atoms with Crippen molar-refractivity contribution < 1.29 is 5.11 Å². The Kier molecular flexibility index (Phi) is 1.65. The molecule has 1 aromatic rings. The maximum Gasteiger partial charge on any atom is -0.0604 e. The van der Waals surface area contributed by atoms with Gasteiger partial charge in [-0.2, -0.15) is 0 Å². The fraction of sp³-hybridized carbons (Fsp3) is 0.143. The smallest absolute Gasteiger partial charge is 0.0604 e. The molecule has 0 fully saturated rings. The largest absolute Gasteiger partial charge is 0.851 e. The predicted molar refractivity (Wildman–Crippen MR) is 30.1 cm³/mol. The van der Waals surface area contributed by atoms with Crippen LogP contribution in [-0.4, -0.2) is 0 Å². The molecule has 0 saturated heterocycles. The van der Waals surface area contributed by atoms with Crippen molar-refractivity contribution in [1.82, 2.24) is 0 Å². The minimum Gasteiger partial charge on any atom is -0.851 e. The van der Waals surface area contributed by atoms with Gasteiger partial charge in [-0.05, 0) is 0 Å². The van der Waals surface area contributed by atoms with Gasteiger partial charge in [-0.1, -0.05) is 35.9 Å². The average Bonchev–Trinajstić information content (AvgIpc) is 1.90. The second-order valence-corrected chi connectivity index (χ2v) is 1.63. The molecule has 1 aromatic carbocycles. The zero-order valence-electron chi connectivity index (χ0n) is 4.50. The number of benzene rings is 1. The van der Waals surface area contributed by atoms with E-state index < -0.39 is 0 Å². The first-order chi connectivity index (χ1) is 3.93. The van der Waals surface area contributed by atoms with Crippen LogP contribution >= 0.6 is 0 Å². The Labute approximate surface area is 48.6 Å². The van der Waals surface area contributed by atoms with Crippen LogP contribution < -0.4 is 5.11 Å². The second kappa shape index (κ2) is 2.48. The van der Waals surface area contributed by atoms with Gasteiger partial charge in [0, 0.05) is 0 Å². The van der Waals surface area contributed by atoms with Crippen molar-refractivity contribution >= 4 is 0 Å². The van der Waals surface area contributed by atoms with Crippen LogP contribution in [0.2, 0.25) is 0 Å². The van der Waals surface area contributed by atoms with Gasteiger partial charge in [0.15, 0.2) is 0 Å². The van der Waals surface area contributed by atoms with Crippen molar-refractivity contribution in [3.05, 3.63) is 35.9 Å². The summed E-state index contributed by atoms with van der Waals surface area (Å²) in [6, 6.07) is 9.29. The van der Waals surface area contributed by atoms with E-state index in [1.165, 1.54) is 0 Å². The van der Waals surface area contributed by atoms with Crippen LogP contribution in [0.4, 0.5) is 0 Å². The van der Waals surface area contributed by atoms with E-state index in [9.17, 15) is 5.11 Å². The highest BCUT2D eigenvalue weighted by atomic mass is 16.3. The minimum atomic E-state index is -0.110. The fourth-order valence-corrected chi connectivity index (χ4v) is 0.574. The Morgan fingerprint density at radius 3 is 2.12 bits per heavy atom. The molecule has 8 heavy (non-hydrogen) atoms. The molecule has 0 aliphatic rings. The maximum absolute atomic E-state index is 10.1. The molecule has 0 aliphatic heterocycles. The van der Waals surface area contributed by atoms with Crippen molar-refractivity contribution in [2.75, 3.05) is 0 Å². The van der Waals surface area contributed by atoms with E-state index in [4.69, 9.17) is 0 Å². The van der Waals surface area contributed by atoms with E-state index in [-0.39, 0.29) is 6.61 Å². The third kappa shape index (κ3) is 1.07. The molecule has 0 unspecified atom stereocenters. The van der Waals surface area contributed by atoms with Crippen LogP contribution in [0, 0.1) is 0 Å². The van der Waals surface area contributed by atoms with E-state index in [0.717, 1.165) is 5.56 Å². The zero-order chi connectivity index (χ0) is 5.82. The fourth-order valence-electron chi connectivity index (χ4n) is 0.574. The van der Waals surface area contributed by atoms with Crippen LogP contribution in [0.3, 0.4) is 0 Å². The van der Waals surface area contributed by atoms with E-state index in [1.807, 2.05) is 30.3 Å². The van der Waals surface area contributed by atoms with Crippen LogP contribution in [0.5, 0.6) is 0 Å². The highest BCUT2D eigenvalue weighted by molar-refractivity contribution is 5.12. The molecule has 0 aliphatic carbocycles.